The maximum Gasteiger partial charge on any atom is 0.261 e. The van der Waals surface area contributed by atoms with Gasteiger partial charge in [0.05, 0.1) is 17.2 Å². The molecule has 144 valence electrons. The van der Waals surface area contributed by atoms with Gasteiger partial charge in [-0.25, -0.2) is 4.98 Å². The zero-order chi connectivity index (χ0) is 18.6. The second-order valence-corrected chi connectivity index (χ2v) is 8.18. The summed E-state index contributed by atoms with van der Waals surface area (Å²) in [7, 11) is 0. The van der Waals surface area contributed by atoms with Crippen LogP contribution < -0.4 is 5.56 Å². The summed E-state index contributed by atoms with van der Waals surface area (Å²) in [6.45, 7) is 2.59. The van der Waals surface area contributed by atoms with Crippen molar-refractivity contribution in [3.63, 3.8) is 0 Å². The molecule has 2 fully saturated rings. The van der Waals surface area contributed by atoms with E-state index in [-0.39, 0.29) is 11.5 Å². The third kappa shape index (κ3) is 4.07. The minimum absolute atomic E-state index is 0.0448. The van der Waals surface area contributed by atoms with Crippen LogP contribution in [0.15, 0.2) is 35.4 Å². The van der Waals surface area contributed by atoms with Gasteiger partial charge in [0.2, 0.25) is 5.91 Å². The molecule has 1 aliphatic carbocycles. The highest BCUT2D eigenvalue weighted by molar-refractivity contribution is 5.79. The molecule has 0 atom stereocenters. The molecule has 0 bridgehead atoms. The maximum absolute atomic E-state index is 12.8. The van der Waals surface area contributed by atoms with Crippen molar-refractivity contribution in [1.29, 1.82) is 0 Å². The maximum atomic E-state index is 12.8. The lowest BCUT2D eigenvalue weighted by molar-refractivity contribution is -0.136. The van der Waals surface area contributed by atoms with E-state index in [1.54, 1.807) is 10.9 Å². The summed E-state index contributed by atoms with van der Waals surface area (Å²) < 4.78 is 1.75. The van der Waals surface area contributed by atoms with E-state index in [4.69, 9.17) is 0 Å². The van der Waals surface area contributed by atoms with E-state index in [0.717, 1.165) is 57.1 Å². The van der Waals surface area contributed by atoms with Crippen LogP contribution in [0.2, 0.25) is 0 Å². The fraction of sp³-hybridized carbons (Fsp3) is 0.591. The first-order valence-electron chi connectivity index (χ1n) is 10.5. The minimum Gasteiger partial charge on any atom is -0.342 e. The SMILES string of the molecule is O=C(C1CCC(Cn2cnc3ccccc3c2=O)CC1)N1CCCCCC1. The molecule has 2 aliphatic rings. The summed E-state index contributed by atoms with van der Waals surface area (Å²) in [5.41, 5.74) is 0.800. The van der Waals surface area contributed by atoms with Crippen LogP contribution in [-0.2, 0) is 11.3 Å². The van der Waals surface area contributed by atoms with Gasteiger partial charge in [-0.05, 0) is 56.6 Å². The van der Waals surface area contributed by atoms with E-state index in [1.165, 1.54) is 12.8 Å². The molecule has 1 amide bonds. The summed E-state index contributed by atoms with van der Waals surface area (Å²) in [5.74, 6) is 1.02. The van der Waals surface area contributed by atoms with Crippen LogP contribution in [-0.4, -0.2) is 33.4 Å². The van der Waals surface area contributed by atoms with Crippen molar-refractivity contribution in [3.05, 3.63) is 40.9 Å². The molecule has 1 saturated heterocycles. The zero-order valence-electron chi connectivity index (χ0n) is 16.0. The van der Waals surface area contributed by atoms with Gasteiger partial charge in [0.25, 0.3) is 5.56 Å². The second kappa shape index (κ2) is 8.24. The average Bonchev–Trinajstić information content (AvgIpc) is 3.00. The first-order chi connectivity index (χ1) is 13.2. The number of benzene rings is 1. The van der Waals surface area contributed by atoms with Gasteiger partial charge in [0, 0.05) is 25.6 Å². The van der Waals surface area contributed by atoms with Crippen LogP contribution in [0.4, 0.5) is 0 Å². The highest BCUT2D eigenvalue weighted by atomic mass is 16.2. The van der Waals surface area contributed by atoms with Crippen LogP contribution in [0, 0.1) is 11.8 Å². The third-order valence-electron chi connectivity index (χ3n) is 6.30. The summed E-state index contributed by atoms with van der Waals surface area (Å²) in [6.07, 6.45) is 10.4. The van der Waals surface area contributed by atoms with Crippen LogP contribution in [0.5, 0.6) is 0 Å². The Bertz CT molecular complexity index is 844. The normalized spacial score (nSPS) is 23.9. The molecule has 2 aromatic rings. The van der Waals surface area contributed by atoms with E-state index in [2.05, 4.69) is 9.88 Å². The highest BCUT2D eigenvalue weighted by Gasteiger charge is 2.30. The molecular formula is C22H29N3O2. The molecule has 0 N–H and O–H groups in total. The van der Waals surface area contributed by atoms with E-state index in [0.29, 0.717) is 23.8 Å². The lowest BCUT2D eigenvalue weighted by atomic mass is 9.81. The molecule has 5 nitrogen and oxygen atoms in total. The van der Waals surface area contributed by atoms with E-state index < -0.39 is 0 Å². The number of hydrogen-bond donors (Lipinski definition) is 0. The standard InChI is InChI=1S/C22H29N3O2/c26-21(24-13-5-1-2-6-14-24)18-11-9-17(10-12-18)15-25-16-23-20-8-4-3-7-19(20)22(25)27/h3-4,7-8,16-18H,1-2,5-6,9-15H2. The van der Waals surface area contributed by atoms with Gasteiger partial charge in [0.1, 0.15) is 0 Å². The number of carbonyl (C=O) groups excluding carboxylic acids is 1. The Morgan fingerprint density at radius 2 is 1.70 bits per heavy atom. The first-order valence-corrected chi connectivity index (χ1v) is 10.5. The Kier molecular flexibility index (Phi) is 5.55. The molecular weight excluding hydrogens is 338 g/mol. The van der Waals surface area contributed by atoms with Crippen molar-refractivity contribution in [2.45, 2.75) is 57.9 Å². The van der Waals surface area contributed by atoms with Gasteiger partial charge in [0.15, 0.2) is 0 Å². The Morgan fingerprint density at radius 3 is 2.44 bits per heavy atom. The number of carbonyl (C=O) groups is 1. The number of nitrogens with zero attached hydrogens (tertiary/aromatic N) is 3. The summed E-state index contributed by atoms with van der Waals surface area (Å²) in [6, 6.07) is 7.51. The molecule has 0 spiro atoms. The topological polar surface area (TPSA) is 55.2 Å². The van der Waals surface area contributed by atoms with Crippen molar-refractivity contribution in [1.82, 2.24) is 14.5 Å². The Hall–Kier alpha value is -2.17. The fourth-order valence-corrected chi connectivity index (χ4v) is 4.66. The van der Waals surface area contributed by atoms with E-state index >= 15 is 0 Å². The molecule has 27 heavy (non-hydrogen) atoms. The van der Waals surface area contributed by atoms with Crippen molar-refractivity contribution < 1.29 is 4.79 Å². The predicted molar refractivity (Wildman–Crippen MR) is 106 cm³/mol. The first kappa shape index (κ1) is 18.2. The van der Waals surface area contributed by atoms with Crippen molar-refractivity contribution in [2.75, 3.05) is 13.1 Å². The monoisotopic (exact) mass is 367 g/mol. The number of fused-ring (bicyclic) bond motifs is 1. The molecule has 5 heteroatoms. The predicted octanol–water partition coefficient (Wildman–Crippen LogP) is 3.61. The van der Waals surface area contributed by atoms with Gasteiger partial charge in [-0.2, -0.15) is 0 Å². The van der Waals surface area contributed by atoms with Crippen molar-refractivity contribution >= 4 is 16.8 Å². The summed E-state index contributed by atoms with van der Waals surface area (Å²) >= 11 is 0. The number of para-hydroxylation sites is 1. The number of hydrogen-bond acceptors (Lipinski definition) is 3. The molecule has 0 radical (unpaired) electrons. The molecule has 1 aromatic carbocycles. The minimum atomic E-state index is 0.0448. The zero-order valence-corrected chi connectivity index (χ0v) is 16.0. The number of amides is 1. The van der Waals surface area contributed by atoms with Crippen LogP contribution in [0.3, 0.4) is 0 Å². The number of aromatic nitrogens is 2. The van der Waals surface area contributed by atoms with Gasteiger partial charge in [-0.1, -0.05) is 25.0 Å². The summed E-state index contributed by atoms with van der Waals surface area (Å²) in [5, 5.41) is 0.685. The number of likely N-dealkylation sites (tertiary alicyclic amines) is 1. The Balaban J connectivity index is 1.36. The van der Waals surface area contributed by atoms with Crippen molar-refractivity contribution in [3.8, 4) is 0 Å². The van der Waals surface area contributed by atoms with Gasteiger partial charge in [-0.3, -0.25) is 14.2 Å². The summed E-state index contributed by atoms with van der Waals surface area (Å²) in [4.78, 5) is 32.0. The quantitative estimate of drug-likeness (QED) is 0.833. The van der Waals surface area contributed by atoms with Crippen LogP contribution in [0.1, 0.15) is 51.4 Å². The lowest BCUT2D eigenvalue weighted by Crippen LogP contribution is -2.38. The fourth-order valence-electron chi connectivity index (χ4n) is 4.66. The lowest BCUT2D eigenvalue weighted by Gasteiger charge is -2.32. The van der Waals surface area contributed by atoms with Crippen LogP contribution >= 0.6 is 0 Å². The van der Waals surface area contributed by atoms with Gasteiger partial charge < -0.3 is 4.90 Å². The second-order valence-electron chi connectivity index (χ2n) is 8.18. The van der Waals surface area contributed by atoms with Crippen molar-refractivity contribution in [2.24, 2.45) is 11.8 Å². The highest BCUT2D eigenvalue weighted by Crippen LogP contribution is 2.31. The average molecular weight is 367 g/mol. The molecule has 2 heterocycles. The van der Waals surface area contributed by atoms with Gasteiger partial charge in [-0.15, -0.1) is 0 Å². The molecule has 0 unspecified atom stereocenters. The molecule has 4 rings (SSSR count). The van der Waals surface area contributed by atoms with Crippen LogP contribution in [0.25, 0.3) is 10.9 Å². The molecule has 1 saturated carbocycles. The largest absolute Gasteiger partial charge is 0.342 e. The van der Waals surface area contributed by atoms with Gasteiger partial charge >= 0.3 is 0 Å². The smallest absolute Gasteiger partial charge is 0.261 e. The Morgan fingerprint density at radius 1 is 1.00 bits per heavy atom. The third-order valence-corrected chi connectivity index (χ3v) is 6.30. The van der Waals surface area contributed by atoms with E-state index in [9.17, 15) is 9.59 Å². The Labute approximate surface area is 160 Å². The number of rotatable bonds is 3. The molecule has 1 aromatic heterocycles. The van der Waals surface area contributed by atoms with E-state index in [1.807, 2.05) is 24.3 Å². The molecule has 1 aliphatic heterocycles.